The monoisotopic (exact) mass is 261 g/mol. The Kier molecular flexibility index (Phi) is 2.96. The van der Waals surface area contributed by atoms with Crippen molar-refractivity contribution in [2.75, 3.05) is 0 Å². The number of aryl methyl sites for hydroxylation is 3. The summed E-state index contributed by atoms with van der Waals surface area (Å²) in [6.45, 7) is 1.98. The van der Waals surface area contributed by atoms with E-state index in [2.05, 4.69) is 6.07 Å². The Morgan fingerprint density at radius 1 is 1.28 bits per heavy atom. The van der Waals surface area contributed by atoms with E-state index in [1.54, 1.807) is 23.5 Å². The van der Waals surface area contributed by atoms with Gasteiger partial charge in [-0.25, -0.2) is 4.39 Å². The molecule has 0 saturated heterocycles. The highest BCUT2D eigenvalue weighted by Gasteiger charge is 2.20. The molecule has 0 saturated carbocycles. The van der Waals surface area contributed by atoms with Crippen molar-refractivity contribution in [1.29, 1.82) is 0 Å². The molecule has 1 aromatic heterocycles. The fraction of sp³-hybridized carbons (Fsp3) is 0.333. The van der Waals surface area contributed by atoms with Gasteiger partial charge in [0.15, 0.2) is 0 Å². The lowest BCUT2D eigenvalue weighted by molar-refractivity contribution is 0.623. The van der Waals surface area contributed by atoms with Crippen LogP contribution in [0.5, 0.6) is 0 Å². The van der Waals surface area contributed by atoms with Crippen molar-refractivity contribution >= 4 is 11.3 Å². The summed E-state index contributed by atoms with van der Waals surface area (Å²) in [6, 6.07) is 6.86. The number of hydrogen-bond acceptors (Lipinski definition) is 2. The van der Waals surface area contributed by atoms with Crippen LogP contribution >= 0.6 is 11.3 Å². The molecule has 0 amide bonds. The lowest BCUT2D eigenvalue weighted by Gasteiger charge is -2.13. The van der Waals surface area contributed by atoms with Crippen molar-refractivity contribution < 1.29 is 4.39 Å². The zero-order valence-electron chi connectivity index (χ0n) is 10.4. The quantitative estimate of drug-likeness (QED) is 0.875. The minimum absolute atomic E-state index is 0.198. The molecule has 1 nitrogen and oxygen atoms in total. The Morgan fingerprint density at radius 3 is 2.89 bits per heavy atom. The van der Waals surface area contributed by atoms with Gasteiger partial charge < -0.3 is 5.73 Å². The summed E-state index contributed by atoms with van der Waals surface area (Å²) in [4.78, 5) is 2.63. The van der Waals surface area contributed by atoms with E-state index >= 15 is 0 Å². The van der Waals surface area contributed by atoms with Gasteiger partial charge in [0.1, 0.15) is 5.82 Å². The van der Waals surface area contributed by atoms with Crippen LogP contribution in [0.3, 0.4) is 0 Å². The minimum Gasteiger partial charge on any atom is -0.320 e. The largest absolute Gasteiger partial charge is 0.320 e. The van der Waals surface area contributed by atoms with Crippen LogP contribution in [0.2, 0.25) is 0 Å². The Labute approximate surface area is 110 Å². The van der Waals surface area contributed by atoms with Crippen molar-refractivity contribution in [1.82, 2.24) is 0 Å². The lowest BCUT2D eigenvalue weighted by atomic mass is 10.00. The average molecular weight is 261 g/mol. The maximum atomic E-state index is 13.3. The number of halogens is 1. The highest BCUT2D eigenvalue weighted by atomic mass is 32.1. The summed E-state index contributed by atoms with van der Waals surface area (Å²) in [5, 5.41) is 0. The third-order valence-electron chi connectivity index (χ3n) is 3.65. The maximum Gasteiger partial charge on any atom is 0.123 e. The van der Waals surface area contributed by atoms with Gasteiger partial charge in [-0.15, -0.1) is 11.3 Å². The lowest BCUT2D eigenvalue weighted by Crippen LogP contribution is -2.12. The predicted molar refractivity (Wildman–Crippen MR) is 73.5 cm³/mol. The van der Waals surface area contributed by atoms with Crippen LogP contribution in [0.4, 0.5) is 4.39 Å². The number of benzene rings is 1. The number of thiophene rings is 1. The Balaban J connectivity index is 1.98. The molecular formula is C15H16FNS. The van der Waals surface area contributed by atoms with E-state index in [1.165, 1.54) is 35.8 Å². The summed E-state index contributed by atoms with van der Waals surface area (Å²) in [7, 11) is 0. The highest BCUT2D eigenvalue weighted by Crippen LogP contribution is 2.35. The van der Waals surface area contributed by atoms with Gasteiger partial charge in [-0.05, 0) is 61.1 Å². The van der Waals surface area contributed by atoms with Gasteiger partial charge in [0.05, 0.1) is 6.04 Å². The predicted octanol–water partition coefficient (Wildman–Crippen LogP) is 3.73. The van der Waals surface area contributed by atoms with E-state index in [4.69, 9.17) is 5.73 Å². The molecule has 2 N–H and O–H groups in total. The molecule has 0 bridgehead atoms. The van der Waals surface area contributed by atoms with Crippen LogP contribution in [-0.4, -0.2) is 0 Å². The molecule has 0 aliphatic heterocycles. The first-order valence-corrected chi connectivity index (χ1v) is 7.10. The van der Waals surface area contributed by atoms with Gasteiger partial charge in [0.25, 0.3) is 0 Å². The molecule has 1 aromatic carbocycles. The number of fused-ring (bicyclic) bond motifs is 1. The van der Waals surface area contributed by atoms with E-state index in [1.807, 2.05) is 6.92 Å². The SMILES string of the molecule is Cc1ccc(F)cc1C(N)c1cc2c(s1)CCC2. The zero-order chi connectivity index (χ0) is 12.7. The van der Waals surface area contributed by atoms with Crippen LogP contribution in [0.25, 0.3) is 0 Å². The van der Waals surface area contributed by atoms with E-state index in [9.17, 15) is 4.39 Å². The van der Waals surface area contributed by atoms with Crippen molar-refractivity contribution in [2.24, 2.45) is 5.73 Å². The van der Waals surface area contributed by atoms with Gasteiger partial charge in [-0.3, -0.25) is 0 Å². The second-order valence-electron chi connectivity index (χ2n) is 4.93. The first kappa shape index (κ1) is 11.9. The Hall–Kier alpha value is -1.19. The molecule has 18 heavy (non-hydrogen) atoms. The first-order valence-electron chi connectivity index (χ1n) is 6.28. The molecule has 0 spiro atoms. The molecule has 3 rings (SSSR count). The third-order valence-corrected chi connectivity index (χ3v) is 4.97. The molecular weight excluding hydrogens is 245 g/mol. The standard InChI is InChI=1S/C15H16FNS/c1-9-5-6-11(16)8-12(9)15(17)14-7-10-3-2-4-13(10)18-14/h5-8,15H,2-4,17H2,1H3. The Morgan fingerprint density at radius 2 is 2.11 bits per heavy atom. The molecule has 1 aliphatic rings. The van der Waals surface area contributed by atoms with Gasteiger partial charge >= 0.3 is 0 Å². The maximum absolute atomic E-state index is 13.3. The molecule has 94 valence electrons. The van der Waals surface area contributed by atoms with Crippen LogP contribution in [0, 0.1) is 12.7 Å². The Bertz CT molecular complexity index is 567. The molecule has 1 aliphatic carbocycles. The van der Waals surface area contributed by atoms with E-state index in [0.29, 0.717) is 0 Å². The molecule has 0 fully saturated rings. The van der Waals surface area contributed by atoms with Crippen molar-refractivity contribution in [3.63, 3.8) is 0 Å². The zero-order valence-corrected chi connectivity index (χ0v) is 11.2. The smallest absolute Gasteiger partial charge is 0.123 e. The number of hydrogen-bond donors (Lipinski definition) is 1. The minimum atomic E-state index is -0.213. The van der Waals surface area contributed by atoms with Crippen LogP contribution in [-0.2, 0) is 12.8 Å². The van der Waals surface area contributed by atoms with Crippen molar-refractivity contribution in [2.45, 2.75) is 32.2 Å². The summed E-state index contributed by atoms with van der Waals surface area (Å²) < 4.78 is 13.3. The van der Waals surface area contributed by atoms with Crippen molar-refractivity contribution in [3.05, 3.63) is 56.5 Å². The first-order chi connectivity index (χ1) is 8.65. The van der Waals surface area contributed by atoms with Crippen LogP contribution in [0.15, 0.2) is 24.3 Å². The molecule has 3 heteroatoms. The van der Waals surface area contributed by atoms with Crippen LogP contribution < -0.4 is 5.73 Å². The molecule has 2 aromatic rings. The molecule has 1 atom stereocenters. The van der Waals surface area contributed by atoms with E-state index in [0.717, 1.165) is 16.0 Å². The fourth-order valence-electron chi connectivity index (χ4n) is 2.60. The normalized spacial score (nSPS) is 15.7. The summed E-state index contributed by atoms with van der Waals surface area (Å²) >= 11 is 1.79. The highest BCUT2D eigenvalue weighted by molar-refractivity contribution is 7.12. The molecule has 1 unspecified atom stereocenters. The van der Waals surface area contributed by atoms with Gasteiger partial charge in [-0.1, -0.05) is 6.07 Å². The fourth-order valence-corrected chi connectivity index (χ4v) is 3.88. The van der Waals surface area contributed by atoms with Crippen molar-refractivity contribution in [3.8, 4) is 0 Å². The van der Waals surface area contributed by atoms with E-state index < -0.39 is 0 Å². The summed E-state index contributed by atoms with van der Waals surface area (Å²) in [6.07, 6.45) is 3.60. The number of nitrogens with two attached hydrogens (primary N) is 1. The van der Waals surface area contributed by atoms with E-state index in [-0.39, 0.29) is 11.9 Å². The van der Waals surface area contributed by atoms with Gasteiger partial charge in [0, 0.05) is 9.75 Å². The topological polar surface area (TPSA) is 26.0 Å². The number of rotatable bonds is 2. The summed E-state index contributed by atoms with van der Waals surface area (Å²) in [5.74, 6) is -0.213. The molecule has 1 heterocycles. The van der Waals surface area contributed by atoms with Gasteiger partial charge in [-0.2, -0.15) is 0 Å². The summed E-state index contributed by atoms with van der Waals surface area (Å²) in [5.41, 5.74) is 9.69. The molecule has 0 radical (unpaired) electrons. The third kappa shape index (κ3) is 1.98. The second kappa shape index (κ2) is 4.48. The van der Waals surface area contributed by atoms with Crippen LogP contribution in [0.1, 0.15) is 38.9 Å². The average Bonchev–Trinajstić information content (AvgIpc) is 2.91. The second-order valence-corrected chi connectivity index (χ2v) is 6.10. The van der Waals surface area contributed by atoms with Gasteiger partial charge in [0.2, 0.25) is 0 Å².